The van der Waals surface area contributed by atoms with Crippen LogP contribution in [0.1, 0.15) is 19.0 Å². The number of rotatable bonds is 2. The lowest BCUT2D eigenvalue weighted by Crippen LogP contribution is -2.20. The normalized spacial score (nSPS) is 9.06. The number of nitrogens with two attached hydrogens (primary N) is 2. The zero-order chi connectivity index (χ0) is 12.0. The first-order valence-corrected chi connectivity index (χ1v) is 4.71. The Balaban J connectivity index is 2.50. The third kappa shape index (κ3) is 3.84. The van der Waals surface area contributed by atoms with Crippen LogP contribution in [0.25, 0.3) is 0 Å². The van der Waals surface area contributed by atoms with Gasteiger partial charge in [0.1, 0.15) is 5.69 Å². The van der Waals surface area contributed by atoms with Crippen LogP contribution in [-0.4, -0.2) is 22.4 Å². The number of aromatic nitrogens is 2. The van der Waals surface area contributed by atoms with Gasteiger partial charge in [0.25, 0.3) is 0 Å². The molecule has 0 unspecified atom stereocenters. The van der Waals surface area contributed by atoms with E-state index < -0.39 is 0 Å². The predicted octanol–water partition coefficient (Wildman–Crippen LogP) is -0.481. The molecule has 0 radical (unpaired) electrons. The van der Waals surface area contributed by atoms with Gasteiger partial charge in [-0.25, -0.2) is 9.97 Å². The highest BCUT2D eigenvalue weighted by atomic mass is 16.1. The van der Waals surface area contributed by atoms with E-state index in [2.05, 4.69) is 27.1 Å². The molecule has 1 rings (SSSR count). The number of carbonyl (C=O) groups is 1. The molecule has 1 aromatic heterocycles. The smallest absolute Gasteiger partial charge is 0.216 e. The summed E-state index contributed by atoms with van der Waals surface area (Å²) in [5, 5.41) is 2.63. The van der Waals surface area contributed by atoms with Gasteiger partial charge in [-0.3, -0.25) is 4.79 Å². The Labute approximate surface area is 93.5 Å². The average Bonchev–Trinajstić information content (AvgIpc) is 2.22. The Bertz CT molecular complexity index is 446. The minimum Gasteiger partial charge on any atom is -0.381 e. The number of nitrogens with one attached hydrogen (secondary N) is 1. The molecule has 0 saturated heterocycles. The van der Waals surface area contributed by atoms with E-state index in [-0.39, 0.29) is 17.5 Å². The summed E-state index contributed by atoms with van der Waals surface area (Å²) in [5.74, 6) is 5.92. The fraction of sp³-hybridized carbons (Fsp3) is 0.300. The zero-order valence-corrected chi connectivity index (χ0v) is 8.95. The number of hydrogen-bond donors (Lipinski definition) is 3. The van der Waals surface area contributed by atoms with Crippen molar-refractivity contribution >= 4 is 17.5 Å². The van der Waals surface area contributed by atoms with E-state index in [0.29, 0.717) is 18.7 Å². The average molecular weight is 219 g/mol. The molecular formula is C10H13N5O. The van der Waals surface area contributed by atoms with E-state index in [0.717, 1.165) is 0 Å². The van der Waals surface area contributed by atoms with E-state index in [1.165, 1.54) is 13.1 Å². The molecule has 1 heterocycles. The molecule has 6 heteroatoms. The molecule has 0 saturated carbocycles. The molecule has 0 aliphatic rings. The van der Waals surface area contributed by atoms with Gasteiger partial charge in [0, 0.05) is 19.9 Å². The van der Waals surface area contributed by atoms with Crippen LogP contribution in [0.3, 0.4) is 0 Å². The number of hydrogen-bond acceptors (Lipinski definition) is 5. The van der Waals surface area contributed by atoms with Gasteiger partial charge in [-0.15, -0.1) is 0 Å². The molecule has 1 aromatic rings. The minimum atomic E-state index is -0.0710. The van der Waals surface area contributed by atoms with Crippen molar-refractivity contribution in [3.8, 4) is 11.8 Å². The summed E-state index contributed by atoms with van der Waals surface area (Å²) in [4.78, 5) is 18.3. The Morgan fingerprint density at radius 1 is 1.50 bits per heavy atom. The first kappa shape index (κ1) is 11.8. The molecule has 0 aliphatic heterocycles. The topological polar surface area (TPSA) is 107 Å². The van der Waals surface area contributed by atoms with Crippen molar-refractivity contribution in [2.45, 2.75) is 13.3 Å². The van der Waals surface area contributed by atoms with Crippen LogP contribution >= 0.6 is 0 Å². The Morgan fingerprint density at radius 2 is 2.25 bits per heavy atom. The van der Waals surface area contributed by atoms with Crippen molar-refractivity contribution < 1.29 is 4.79 Å². The van der Waals surface area contributed by atoms with Crippen molar-refractivity contribution in [3.63, 3.8) is 0 Å². The third-order valence-corrected chi connectivity index (χ3v) is 1.67. The first-order valence-electron chi connectivity index (χ1n) is 4.71. The second-order valence-electron chi connectivity index (χ2n) is 3.06. The van der Waals surface area contributed by atoms with Crippen molar-refractivity contribution in [3.05, 3.63) is 11.9 Å². The fourth-order valence-corrected chi connectivity index (χ4v) is 0.927. The molecule has 0 bridgehead atoms. The maximum atomic E-state index is 10.5. The number of amides is 1. The number of nitrogens with zero attached hydrogens (tertiary/aromatic N) is 2. The van der Waals surface area contributed by atoms with Gasteiger partial charge < -0.3 is 16.8 Å². The highest BCUT2D eigenvalue weighted by molar-refractivity contribution is 5.72. The zero-order valence-electron chi connectivity index (χ0n) is 8.95. The van der Waals surface area contributed by atoms with Crippen molar-refractivity contribution in [1.82, 2.24) is 15.3 Å². The molecule has 16 heavy (non-hydrogen) atoms. The minimum absolute atomic E-state index is 0.0710. The highest BCUT2D eigenvalue weighted by Crippen LogP contribution is 2.05. The summed E-state index contributed by atoms with van der Waals surface area (Å²) < 4.78 is 0. The van der Waals surface area contributed by atoms with Crippen molar-refractivity contribution in [1.29, 1.82) is 0 Å². The second kappa shape index (κ2) is 5.56. The molecular weight excluding hydrogens is 206 g/mol. The SMILES string of the molecule is CC(=O)NCCC#Cc1cnc(N)c(N)n1. The van der Waals surface area contributed by atoms with Crippen molar-refractivity contribution in [2.24, 2.45) is 0 Å². The van der Waals surface area contributed by atoms with E-state index in [4.69, 9.17) is 11.5 Å². The van der Waals surface area contributed by atoms with Gasteiger partial charge in [-0.1, -0.05) is 5.92 Å². The first-order chi connectivity index (χ1) is 7.59. The maximum absolute atomic E-state index is 10.5. The molecule has 84 valence electrons. The van der Waals surface area contributed by atoms with Gasteiger partial charge in [-0.05, 0) is 5.92 Å². The van der Waals surface area contributed by atoms with Crippen LogP contribution in [0.4, 0.5) is 11.6 Å². The summed E-state index contributed by atoms with van der Waals surface area (Å²) in [6.45, 7) is 1.97. The molecule has 0 aliphatic carbocycles. The highest BCUT2D eigenvalue weighted by Gasteiger charge is 1.96. The van der Waals surface area contributed by atoms with Crippen LogP contribution < -0.4 is 16.8 Å². The predicted molar refractivity (Wildman–Crippen MR) is 61.0 cm³/mol. The quantitative estimate of drug-likeness (QED) is 0.460. The Kier molecular flexibility index (Phi) is 4.09. The van der Waals surface area contributed by atoms with E-state index >= 15 is 0 Å². The lowest BCUT2D eigenvalue weighted by atomic mass is 10.3. The van der Waals surface area contributed by atoms with E-state index in [1.54, 1.807) is 0 Å². The standard InChI is InChI=1S/C10H13N5O/c1-7(16)13-5-3-2-4-8-6-14-9(11)10(12)15-8/h6H,3,5H2,1H3,(H2,11,14)(H2,12,15)(H,13,16). The molecule has 6 nitrogen and oxygen atoms in total. The number of nitrogen functional groups attached to an aromatic ring is 2. The van der Waals surface area contributed by atoms with Gasteiger partial charge in [0.15, 0.2) is 11.6 Å². The van der Waals surface area contributed by atoms with Crippen molar-refractivity contribution in [2.75, 3.05) is 18.0 Å². The van der Waals surface area contributed by atoms with Gasteiger partial charge in [0.2, 0.25) is 5.91 Å². The largest absolute Gasteiger partial charge is 0.381 e. The fourth-order valence-electron chi connectivity index (χ4n) is 0.927. The molecule has 0 atom stereocenters. The Morgan fingerprint density at radius 3 is 2.88 bits per heavy atom. The molecule has 5 N–H and O–H groups in total. The van der Waals surface area contributed by atoms with Gasteiger partial charge in [-0.2, -0.15) is 0 Å². The third-order valence-electron chi connectivity index (χ3n) is 1.67. The lowest BCUT2D eigenvalue weighted by Gasteiger charge is -1.97. The molecule has 0 spiro atoms. The van der Waals surface area contributed by atoms with E-state index in [9.17, 15) is 4.79 Å². The summed E-state index contributed by atoms with van der Waals surface area (Å²) >= 11 is 0. The molecule has 0 fully saturated rings. The second-order valence-corrected chi connectivity index (χ2v) is 3.06. The maximum Gasteiger partial charge on any atom is 0.216 e. The summed E-state index contributed by atoms with van der Waals surface area (Å²) in [6.07, 6.45) is 2.00. The van der Waals surface area contributed by atoms with Crippen LogP contribution in [-0.2, 0) is 4.79 Å². The monoisotopic (exact) mass is 219 g/mol. The summed E-state index contributed by atoms with van der Waals surface area (Å²) in [7, 11) is 0. The number of carbonyl (C=O) groups excluding carboxylic acids is 1. The Hall–Kier alpha value is -2.29. The van der Waals surface area contributed by atoms with Crippen LogP contribution in [0, 0.1) is 11.8 Å². The summed E-state index contributed by atoms with van der Waals surface area (Å²) in [5.41, 5.74) is 11.3. The molecule has 1 amide bonds. The van der Waals surface area contributed by atoms with Gasteiger partial charge >= 0.3 is 0 Å². The van der Waals surface area contributed by atoms with Gasteiger partial charge in [0.05, 0.1) is 6.20 Å². The molecule has 0 aromatic carbocycles. The lowest BCUT2D eigenvalue weighted by molar-refractivity contribution is -0.118. The number of anilines is 2. The van der Waals surface area contributed by atoms with Crippen LogP contribution in [0.2, 0.25) is 0 Å². The van der Waals surface area contributed by atoms with Crippen LogP contribution in [0.5, 0.6) is 0 Å². The van der Waals surface area contributed by atoms with Crippen LogP contribution in [0.15, 0.2) is 6.20 Å². The summed E-state index contributed by atoms with van der Waals surface area (Å²) in [6, 6.07) is 0. The van der Waals surface area contributed by atoms with E-state index in [1.807, 2.05) is 0 Å².